The van der Waals surface area contributed by atoms with E-state index in [4.69, 9.17) is 5.73 Å². The minimum atomic E-state index is 0.643. The van der Waals surface area contributed by atoms with Gasteiger partial charge < -0.3 is 5.73 Å². The Labute approximate surface area is 113 Å². The van der Waals surface area contributed by atoms with E-state index in [9.17, 15) is 0 Å². The minimum Gasteiger partial charge on any atom is -0.330 e. The van der Waals surface area contributed by atoms with Crippen LogP contribution >= 0.6 is 27.7 Å². The van der Waals surface area contributed by atoms with Crippen LogP contribution in [0.5, 0.6) is 0 Å². The van der Waals surface area contributed by atoms with Gasteiger partial charge in [0.1, 0.15) is 5.03 Å². The summed E-state index contributed by atoms with van der Waals surface area (Å²) in [7, 11) is 0. The topological polar surface area (TPSA) is 51.8 Å². The summed E-state index contributed by atoms with van der Waals surface area (Å²) in [5.41, 5.74) is 6.85. The van der Waals surface area contributed by atoms with E-state index < -0.39 is 0 Å². The Bertz CT molecular complexity index is 490. The Morgan fingerprint density at radius 1 is 1.29 bits per heavy atom. The molecule has 0 saturated heterocycles. The highest BCUT2D eigenvalue weighted by Crippen LogP contribution is 2.30. The van der Waals surface area contributed by atoms with Crippen molar-refractivity contribution in [1.82, 2.24) is 9.97 Å². The van der Waals surface area contributed by atoms with Crippen molar-refractivity contribution in [2.75, 3.05) is 6.54 Å². The summed E-state index contributed by atoms with van der Waals surface area (Å²) in [6.45, 7) is 0.643. The Balaban J connectivity index is 2.26. The molecule has 3 nitrogen and oxygen atoms in total. The second kappa shape index (κ2) is 6.14. The highest BCUT2D eigenvalue weighted by atomic mass is 79.9. The molecular weight excluding hydrogens is 298 g/mol. The summed E-state index contributed by atoms with van der Waals surface area (Å²) >= 11 is 5.09. The molecule has 17 heavy (non-hydrogen) atoms. The zero-order chi connectivity index (χ0) is 12.1. The molecule has 0 unspecified atom stereocenters. The lowest BCUT2D eigenvalue weighted by Gasteiger charge is -2.08. The van der Waals surface area contributed by atoms with Crippen molar-refractivity contribution in [2.24, 2.45) is 5.73 Å². The number of nitrogens with two attached hydrogens (primary N) is 1. The number of halogens is 1. The average molecular weight is 310 g/mol. The zero-order valence-electron chi connectivity index (χ0n) is 9.14. The predicted octanol–water partition coefficient (Wildman–Crippen LogP) is 2.89. The van der Waals surface area contributed by atoms with E-state index in [2.05, 4.69) is 38.0 Å². The molecule has 0 aliphatic carbocycles. The second-order valence-electron chi connectivity index (χ2n) is 3.44. The summed E-state index contributed by atoms with van der Waals surface area (Å²) in [6, 6.07) is 6.21. The normalized spacial score (nSPS) is 10.5. The van der Waals surface area contributed by atoms with Gasteiger partial charge in [0.2, 0.25) is 0 Å². The molecule has 0 radical (unpaired) electrons. The van der Waals surface area contributed by atoms with Crippen molar-refractivity contribution in [2.45, 2.75) is 16.3 Å². The van der Waals surface area contributed by atoms with Gasteiger partial charge in [-0.2, -0.15) is 0 Å². The molecule has 0 spiro atoms. The van der Waals surface area contributed by atoms with Crippen LogP contribution in [0.4, 0.5) is 0 Å². The molecule has 0 amide bonds. The third-order valence-electron chi connectivity index (χ3n) is 2.19. The Morgan fingerprint density at radius 3 is 2.88 bits per heavy atom. The van der Waals surface area contributed by atoms with E-state index in [1.165, 1.54) is 10.5 Å². The van der Waals surface area contributed by atoms with Crippen LogP contribution in [-0.2, 0) is 6.42 Å². The van der Waals surface area contributed by atoms with Crippen LogP contribution in [0, 0.1) is 0 Å². The van der Waals surface area contributed by atoms with Gasteiger partial charge in [0.15, 0.2) is 0 Å². The highest BCUT2D eigenvalue weighted by Gasteiger charge is 2.05. The number of rotatable bonds is 4. The van der Waals surface area contributed by atoms with Gasteiger partial charge in [-0.15, -0.1) is 0 Å². The number of benzene rings is 1. The minimum absolute atomic E-state index is 0.643. The molecule has 2 rings (SSSR count). The fraction of sp³-hybridized carbons (Fsp3) is 0.167. The Morgan fingerprint density at radius 2 is 2.18 bits per heavy atom. The van der Waals surface area contributed by atoms with Gasteiger partial charge in [-0.3, -0.25) is 4.98 Å². The molecule has 2 aromatic rings. The number of hydrogen-bond donors (Lipinski definition) is 1. The molecule has 2 N–H and O–H groups in total. The van der Waals surface area contributed by atoms with Gasteiger partial charge in [0, 0.05) is 21.8 Å². The fourth-order valence-corrected chi connectivity index (χ4v) is 2.74. The maximum absolute atomic E-state index is 5.62. The lowest BCUT2D eigenvalue weighted by atomic mass is 10.1. The van der Waals surface area contributed by atoms with Crippen LogP contribution in [0.2, 0.25) is 0 Å². The number of aromatic nitrogens is 2. The molecule has 88 valence electrons. The third-order valence-corrected chi connectivity index (χ3v) is 3.72. The fourth-order valence-electron chi connectivity index (χ4n) is 1.45. The van der Waals surface area contributed by atoms with Crippen LogP contribution in [0.25, 0.3) is 0 Å². The summed E-state index contributed by atoms with van der Waals surface area (Å²) in [5, 5.41) is 0.896. The van der Waals surface area contributed by atoms with Crippen LogP contribution in [-0.4, -0.2) is 16.5 Å². The number of nitrogens with zero attached hydrogens (tertiary/aromatic N) is 2. The first kappa shape index (κ1) is 12.5. The van der Waals surface area contributed by atoms with E-state index >= 15 is 0 Å². The van der Waals surface area contributed by atoms with Crippen LogP contribution in [0.15, 0.2) is 51.2 Å². The first-order chi connectivity index (χ1) is 8.29. The first-order valence-electron chi connectivity index (χ1n) is 5.22. The summed E-state index contributed by atoms with van der Waals surface area (Å²) < 4.78 is 1.07. The van der Waals surface area contributed by atoms with Gasteiger partial charge >= 0.3 is 0 Å². The van der Waals surface area contributed by atoms with Crippen molar-refractivity contribution < 1.29 is 0 Å². The summed E-state index contributed by atoms with van der Waals surface area (Å²) in [5.74, 6) is 0. The van der Waals surface area contributed by atoms with Crippen molar-refractivity contribution in [1.29, 1.82) is 0 Å². The molecular formula is C12H12BrN3S. The van der Waals surface area contributed by atoms with Crippen molar-refractivity contribution >= 4 is 27.7 Å². The maximum atomic E-state index is 5.62. The monoisotopic (exact) mass is 309 g/mol. The van der Waals surface area contributed by atoms with Crippen molar-refractivity contribution in [3.63, 3.8) is 0 Å². The predicted molar refractivity (Wildman–Crippen MR) is 73.1 cm³/mol. The van der Waals surface area contributed by atoms with Gasteiger partial charge in [-0.1, -0.05) is 27.7 Å². The molecule has 0 fully saturated rings. The third kappa shape index (κ3) is 3.52. The molecule has 0 aliphatic rings. The van der Waals surface area contributed by atoms with E-state index in [1.807, 2.05) is 6.07 Å². The van der Waals surface area contributed by atoms with Crippen molar-refractivity contribution in [3.8, 4) is 0 Å². The van der Waals surface area contributed by atoms with E-state index in [-0.39, 0.29) is 0 Å². The summed E-state index contributed by atoms with van der Waals surface area (Å²) in [6.07, 6.45) is 6.00. The Kier molecular flexibility index (Phi) is 4.53. The van der Waals surface area contributed by atoms with Crippen LogP contribution < -0.4 is 5.73 Å². The summed E-state index contributed by atoms with van der Waals surface area (Å²) in [4.78, 5) is 9.49. The molecule has 0 saturated carbocycles. The quantitative estimate of drug-likeness (QED) is 0.943. The van der Waals surface area contributed by atoms with E-state index in [0.717, 1.165) is 15.9 Å². The first-order valence-corrected chi connectivity index (χ1v) is 6.83. The molecule has 1 heterocycles. The van der Waals surface area contributed by atoms with Crippen LogP contribution in [0.3, 0.4) is 0 Å². The average Bonchev–Trinajstić information content (AvgIpc) is 2.34. The number of hydrogen-bond acceptors (Lipinski definition) is 4. The van der Waals surface area contributed by atoms with E-state index in [1.54, 1.807) is 30.4 Å². The van der Waals surface area contributed by atoms with Gasteiger partial charge in [-0.05, 0) is 36.7 Å². The Hall–Kier alpha value is -0.910. The van der Waals surface area contributed by atoms with Gasteiger partial charge in [-0.25, -0.2) is 4.98 Å². The van der Waals surface area contributed by atoms with Gasteiger partial charge in [0.05, 0.1) is 6.20 Å². The molecule has 0 bridgehead atoms. The standard InChI is InChI=1S/C12H12BrN3S/c13-10-1-2-11(9(7-10)3-4-14)17-12-8-15-5-6-16-12/h1-2,5-8H,3-4,14H2. The van der Waals surface area contributed by atoms with Crippen molar-refractivity contribution in [3.05, 3.63) is 46.8 Å². The van der Waals surface area contributed by atoms with Gasteiger partial charge in [0.25, 0.3) is 0 Å². The SMILES string of the molecule is NCCc1cc(Br)ccc1Sc1cnccn1. The zero-order valence-corrected chi connectivity index (χ0v) is 11.5. The molecule has 1 aromatic carbocycles. The highest BCUT2D eigenvalue weighted by molar-refractivity contribution is 9.10. The molecule has 0 atom stereocenters. The lowest BCUT2D eigenvalue weighted by molar-refractivity contribution is 0.941. The molecule has 5 heteroatoms. The second-order valence-corrected chi connectivity index (χ2v) is 5.41. The van der Waals surface area contributed by atoms with Crippen LogP contribution in [0.1, 0.15) is 5.56 Å². The largest absolute Gasteiger partial charge is 0.330 e. The molecule has 0 aliphatic heterocycles. The smallest absolute Gasteiger partial charge is 0.119 e. The molecule has 1 aromatic heterocycles. The van der Waals surface area contributed by atoms with E-state index in [0.29, 0.717) is 6.54 Å². The lowest BCUT2D eigenvalue weighted by Crippen LogP contribution is -2.03. The maximum Gasteiger partial charge on any atom is 0.119 e.